The van der Waals surface area contributed by atoms with Crippen molar-refractivity contribution in [3.05, 3.63) is 119 Å². The molecule has 5 atom stereocenters. The minimum atomic E-state index is -0.382. The summed E-state index contributed by atoms with van der Waals surface area (Å²) in [7, 11) is 0. The Kier molecular flexibility index (Phi) is 11.6. The van der Waals surface area contributed by atoms with E-state index in [1.54, 1.807) is 0 Å². The van der Waals surface area contributed by atoms with Gasteiger partial charge in [-0.3, -0.25) is 0 Å². The van der Waals surface area contributed by atoms with Crippen LogP contribution in [0.15, 0.2) is 119 Å². The number of aliphatic hydroxyl groups excluding tert-OH is 2. The van der Waals surface area contributed by atoms with E-state index in [1.807, 2.05) is 6.08 Å². The summed E-state index contributed by atoms with van der Waals surface area (Å²) in [6, 6.07) is 0. The normalized spacial score (nSPS) is 32.3. The molecular weight excluding hydrogens is 528 g/mol. The summed E-state index contributed by atoms with van der Waals surface area (Å²) in [4.78, 5) is 0. The first-order valence-corrected chi connectivity index (χ1v) is 15.9. The Hall–Kier alpha value is -2.72. The fourth-order valence-corrected chi connectivity index (χ4v) is 7.04. The molecule has 2 aliphatic carbocycles. The molecule has 0 amide bonds. The van der Waals surface area contributed by atoms with Crippen molar-refractivity contribution in [3.8, 4) is 0 Å². The molecule has 234 valence electrons. The maximum atomic E-state index is 10.4. The number of aliphatic hydroxyl groups is 2. The Morgan fingerprint density at radius 3 is 1.91 bits per heavy atom. The van der Waals surface area contributed by atoms with Gasteiger partial charge in [0.25, 0.3) is 0 Å². The zero-order valence-corrected chi connectivity index (χ0v) is 28.3. The van der Waals surface area contributed by atoms with Gasteiger partial charge < -0.3 is 14.9 Å². The zero-order chi connectivity index (χ0) is 32.0. The van der Waals surface area contributed by atoms with E-state index in [9.17, 15) is 10.2 Å². The summed E-state index contributed by atoms with van der Waals surface area (Å²) in [6.45, 7) is 21.6. The average molecular weight is 585 g/mol. The van der Waals surface area contributed by atoms with Crippen molar-refractivity contribution in [3.63, 3.8) is 0 Å². The molecule has 2 N–H and O–H groups in total. The van der Waals surface area contributed by atoms with Crippen LogP contribution in [0.25, 0.3) is 0 Å². The van der Waals surface area contributed by atoms with Gasteiger partial charge in [-0.1, -0.05) is 129 Å². The van der Waals surface area contributed by atoms with Crippen LogP contribution in [-0.4, -0.2) is 34.1 Å². The third kappa shape index (κ3) is 9.63. The molecule has 1 saturated carbocycles. The molecule has 1 fully saturated rings. The summed E-state index contributed by atoms with van der Waals surface area (Å²) in [5.41, 5.74) is 6.92. The molecule has 3 rings (SSSR count). The highest BCUT2D eigenvalue weighted by molar-refractivity contribution is 5.37. The second kappa shape index (κ2) is 14.4. The molecule has 3 nitrogen and oxygen atoms in total. The molecule has 0 spiro atoms. The highest BCUT2D eigenvalue weighted by Gasteiger charge is 2.50. The first-order chi connectivity index (χ1) is 20.0. The predicted octanol–water partition coefficient (Wildman–Crippen LogP) is 9.61. The number of ether oxygens (including phenoxy) is 1. The van der Waals surface area contributed by atoms with E-state index in [-0.39, 0.29) is 34.7 Å². The Morgan fingerprint density at radius 2 is 1.30 bits per heavy atom. The molecule has 0 aromatic rings. The van der Waals surface area contributed by atoms with E-state index in [0.717, 1.165) is 12.8 Å². The van der Waals surface area contributed by atoms with Crippen LogP contribution in [0, 0.1) is 16.7 Å². The van der Waals surface area contributed by atoms with Crippen LogP contribution in [0.4, 0.5) is 0 Å². The molecule has 0 bridgehead atoms. The van der Waals surface area contributed by atoms with Crippen LogP contribution in [0.3, 0.4) is 0 Å². The van der Waals surface area contributed by atoms with E-state index in [2.05, 4.69) is 148 Å². The molecule has 0 saturated heterocycles. The van der Waals surface area contributed by atoms with Crippen molar-refractivity contribution in [2.75, 3.05) is 0 Å². The largest absolute Gasteiger partial charge is 0.393 e. The van der Waals surface area contributed by atoms with Gasteiger partial charge in [0.2, 0.25) is 0 Å². The fourth-order valence-electron chi connectivity index (χ4n) is 7.04. The number of allylic oxidation sites excluding steroid dienone is 16. The van der Waals surface area contributed by atoms with E-state index in [1.165, 1.54) is 33.4 Å². The lowest BCUT2D eigenvalue weighted by atomic mass is 9.65. The first-order valence-electron chi connectivity index (χ1n) is 15.9. The summed E-state index contributed by atoms with van der Waals surface area (Å²) in [6.07, 6.45) is 31.3. The number of rotatable bonds is 9. The van der Waals surface area contributed by atoms with Gasteiger partial charge in [-0.25, -0.2) is 0 Å². The molecule has 0 aromatic carbocycles. The summed E-state index contributed by atoms with van der Waals surface area (Å²) < 4.78 is 6.46. The quantitative estimate of drug-likeness (QED) is 0.210. The maximum absolute atomic E-state index is 10.4. The molecular formula is C40H56O3. The molecule has 43 heavy (non-hydrogen) atoms. The minimum absolute atomic E-state index is 0.0467. The fraction of sp³-hybridized carbons (Fsp3) is 0.500. The Labute approximate surface area is 262 Å². The third-order valence-electron chi connectivity index (χ3n) is 9.16. The lowest BCUT2D eigenvalue weighted by Gasteiger charge is -2.44. The van der Waals surface area contributed by atoms with Gasteiger partial charge in [0, 0.05) is 12.3 Å². The van der Waals surface area contributed by atoms with E-state index >= 15 is 0 Å². The van der Waals surface area contributed by atoms with Crippen molar-refractivity contribution in [1.82, 2.24) is 0 Å². The SMILES string of the molecule is CC(C=CC=C(C)C=C[C@H]1C(C)=C[C@H](O)CC1(C)C)=CC=CC=C(C)C=CC=C(C)[C@H]1C=C2C(C)(C)C[C@H](O)C[C@@]2(C)O1. The standard InChI is InChI=1S/C40H56O3/c1-28(17-13-18-30(3)21-22-35-32(5)23-33(41)25-38(35,6)7)15-11-12-16-29(2)19-14-20-31(4)36-24-37-39(8,9)26-34(42)27-40(37,10)43-36/h11-24,33-36,41-42H,25-27H2,1-10H3/t33-,34-,35-,36+,40+/m0/s1. The lowest BCUT2D eigenvalue weighted by Crippen LogP contribution is -2.45. The topological polar surface area (TPSA) is 49.7 Å². The van der Waals surface area contributed by atoms with Crippen LogP contribution < -0.4 is 0 Å². The molecule has 0 unspecified atom stereocenters. The Balaban J connectivity index is 1.52. The maximum Gasteiger partial charge on any atom is 0.0982 e. The lowest BCUT2D eigenvalue weighted by molar-refractivity contribution is -0.0683. The van der Waals surface area contributed by atoms with Crippen LogP contribution >= 0.6 is 0 Å². The van der Waals surface area contributed by atoms with Crippen molar-refractivity contribution in [2.24, 2.45) is 16.7 Å². The smallest absolute Gasteiger partial charge is 0.0982 e. The predicted molar refractivity (Wildman–Crippen MR) is 184 cm³/mol. The number of hydrogen-bond donors (Lipinski definition) is 2. The number of hydrogen-bond acceptors (Lipinski definition) is 3. The second-order valence-corrected chi connectivity index (χ2v) is 14.5. The van der Waals surface area contributed by atoms with E-state index < -0.39 is 0 Å². The minimum Gasteiger partial charge on any atom is -0.393 e. The molecule has 3 heteroatoms. The molecule has 3 aliphatic rings. The van der Waals surface area contributed by atoms with Crippen LogP contribution in [-0.2, 0) is 4.74 Å². The van der Waals surface area contributed by atoms with Gasteiger partial charge >= 0.3 is 0 Å². The van der Waals surface area contributed by atoms with Crippen LogP contribution in [0.1, 0.15) is 88.5 Å². The van der Waals surface area contributed by atoms with Gasteiger partial charge in [0.05, 0.1) is 23.9 Å². The van der Waals surface area contributed by atoms with Crippen molar-refractivity contribution in [2.45, 2.75) is 112 Å². The van der Waals surface area contributed by atoms with Crippen molar-refractivity contribution >= 4 is 0 Å². The number of fused-ring (bicyclic) bond motifs is 1. The summed E-state index contributed by atoms with van der Waals surface area (Å²) in [5.74, 6) is 0.344. The second-order valence-electron chi connectivity index (χ2n) is 14.5. The molecule has 1 aliphatic heterocycles. The van der Waals surface area contributed by atoms with Gasteiger partial charge in [-0.15, -0.1) is 0 Å². The van der Waals surface area contributed by atoms with Gasteiger partial charge in [-0.05, 0) is 82.4 Å². The Bertz CT molecular complexity index is 1320. The summed E-state index contributed by atoms with van der Waals surface area (Å²) >= 11 is 0. The van der Waals surface area contributed by atoms with Crippen molar-refractivity contribution in [1.29, 1.82) is 0 Å². The highest BCUT2D eigenvalue weighted by Crippen LogP contribution is 2.52. The Morgan fingerprint density at radius 1 is 0.744 bits per heavy atom. The zero-order valence-electron chi connectivity index (χ0n) is 28.3. The van der Waals surface area contributed by atoms with Crippen molar-refractivity contribution < 1.29 is 14.9 Å². The average Bonchev–Trinajstić information content (AvgIpc) is 3.23. The third-order valence-corrected chi connectivity index (χ3v) is 9.16. The first kappa shape index (κ1) is 34.8. The molecule has 0 radical (unpaired) electrons. The van der Waals surface area contributed by atoms with Crippen LogP contribution in [0.5, 0.6) is 0 Å². The monoisotopic (exact) mass is 584 g/mol. The van der Waals surface area contributed by atoms with Gasteiger partial charge in [0.1, 0.15) is 0 Å². The highest BCUT2D eigenvalue weighted by atomic mass is 16.5. The van der Waals surface area contributed by atoms with Gasteiger partial charge in [-0.2, -0.15) is 0 Å². The molecule has 0 aromatic heterocycles. The van der Waals surface area contributed by atoms with Crippen LogP contribution in [0.2, 0.25) is 0 Å². The van der Waals surface area contributed by atoms with Gasteiger partial charge in [0.15, 0.2) is 0 Å². The summed E-state index contributed by atoms with van der Waals surface area (Å²) in [5, 5.41) is 20.5. The molecule has 1 heterocycles. The van der Waals surface area contributed by atoms with E-state index in [4.69, 9.17) is 4.74 Å². The van der Waals surface area contributed by atoms with E-state index in [0.29, 0.717) is 12.3 Å².